The molecule has 0 saturated heterocycles. The first-order valence-electron chi connectivity index (χ1n) is 7.81. The molecule has 0 saturated carbocycles. The van der Waals surface area contributed by atoms with E-state index in [2.05, 4.69) is 73.6 Å². The molecule has 1 heterocycles. The highest BCUT2D eigenvalue weighted by atomic mass is 127. The van der Waals surface area contributed by atoms with Crippen molar-refractivity contribution in [3.05, 3.63) is 72.4 Å². The number of nitrogens with zero attached hydrogens (tertiary/aromatic N) is 1. The first-order chi connectivity index (χ1) is 10.6. The van der Waals surface area contributed by atoms with Crippen molar-refractivity contribution >= 4 is 17.1 Å². The minimum atomic E-state index is -0.0501. The fourth-order valence-corrected chi connectivity index (χ4v) is 3.45. The van der Waals surface area contributed by atoms with Gasteiger partial charge in [-0.1, -0.05) is 43.0 Å². The van der Waals surface area contributed by atoms with Gasteiger partial charge >= 0.3 is 0 Å². The quantitative estimate of drug-likeness (QED) is 0.591. The molecular weight excluding hydrogens is 395 g/mol. The second kappa shape index (κ2) is 6.87. The van der Waals surface area contributed by atoms with Crippen molar-refractivity contribution in [2.75, 3.05) is 11.9 Å². The van der Waals surface area contributed by atoms with E-state index in [0.29, 0.717) is 0 Å². The lowest BCUT2D eigenvalue weighted by atomic mass is 9.80. The Kier molecular flexibility index (Phi) is 5.30. The summed E-state index contributed by atoms with van der Waals surface area (Å²) in [6, 6.07) is 18.9. The van der Waals surface area contributed by atoms with Gasteiger partial charge in [0, 0.05) is 17.3 Å². The Morgan fingerprint density at radius 2 is 1.65 bits per heavy atom. The standard InChI is InChI=1S/C20H23N2.HI/c1-5-22-18-14-10-9-13-17(18)20(3,4)19(22)15(2)21-16-11-7-6-8-12-16;/h6-14,21H,2,5H2,1,3-4H3;1H/q+1;/p-1. The Balaban J connectivity index is 0.00000192. The van der Waals surface area contributed by atoms with Crippen LogP contribution in [0.4, 0.5) is 11.4 Å². The number of fused-ring (bicyclic) bond motifs is 1. The number of halogens is 1. The predicted molar refractivity (Wildman–Crippen MR) is 94.1 cm³/mol. The molecule has 3 heteroatoms. The SMILES string of the molecule is C=C(Nc1ccccc1)C1=[N+](CC)c2ccccc2C1(C)C.[I-]. The molecule has 1 N–H and O–H groups in total. The van der Waals surface area contributed by atoms with Gasteiger partial charge in [0.2, 0.25) is 11.4 Å². The summed E-state index contributed by atoms with van der Waals surface area (Å²) in [6.07, 6.45) is 0. The largest absolute Gasteiger partial charge is 1.00 e. The van der Waals surface area contributed by atoms with Crippen molar-refractivity contribution < 1.29 is 28.6 Å². The highest BCUT2D eigenvalue weighted by Crippen LogP contribution is 2.41. The summed E-state index contributed by atoms with van der Waals surface area (Å²) in [5.41, 5.74) is 5.90. The van der Waals surface area contributed by atoms with Crippen LogP contribution in [0.25, 0.3) is 0 Å². The van der Waals surface area contributed by atoms with Crippen LogP contribution < -0.4 is 29.3 Å². The minimum Gasteiger partial charge on any atom is -1.00 e. The smallest absolute Gasteiger partial charge is 0.215 e. The van der Waals surface area contributed by atoms with Gasteiger partial charge in [0.05, 0.1) is 5.41 Å². The number of rotatable bonds is 4. The van der Waals surface area contributed by atoms with Crippen LogP contribution in [0.15, 0.2) is 66.9 Å². The normalized spacial score (nSPS) is 14.9. The summed E-state index contributed by atoms with van der Waals surface area (Å²) < 4.78 is 2.37. The number of nitrogens with one attached hydrogen (secondary N) is 1. The Hall–Kier alpha value is -1.62. The second-order valence-electron chi connectivity index (χ2n) is 6.20. The van der Waals surface area contributed by atoms with Crippen molar-refractivity contribution in [1.29, 1.82) is 0 Å². The van der Waals surface area contributed by atoms with E-state index in [0.717, 1.165) is 17.9 Å². The third-order valence-electron chi connectivity index (χ3n) is 4.40. The Bertz CT molecular complexity index is 745. The van der Waals surface area contributed by atoms with Crippen LogP contribution in [0.1, 0.15) is 26.3 Å². The Labute approximate surface area is 156 Å². The number of benzene rings is 2. The first kappa shape index (κ1) is 17.7. The molecule has 0 unspecified atom stereocenters. The van der Waals surface area contributed by atoms with Gasteiger partial charge in [0.15, 0.2) is 0 Å². The molecule has 0 amide bonds. The predicted octanol–water partition coefficient (Wildman–Crippen LogP) is 1.71. The van der Waals surface area contributed by atoms with Crippen LogP contribution in [0.3, 0.4) is 0 Å². The first-order valence-corrected chi connectivity index (χ1v) is 7.81. The van der Waals surface area contributed by atoms with Gasteiger partial charge < -0.3 is 29.3 Å². The molecule has 0 bridgehead atoms. The number of allylic oxidation sites excluding steroid dienone is 1. The molecule has 0 aromatic heterocycles. The summed E-state index contributed by atoms with van der Waals surface area (Å²) in [5, 5.41) is 3.47. The van der Waals surface area contributed by atoms with E-state index >= 15 is 0 Å². The zero-order chi connectivity index (χ0) is 15.7. The van der Waals surface area contributed by atoms with Gasteiger partial charge in [-0.15, -0.1) is 0 Å². The van der Waals surface area contributed by atoms with Gasteiger partial charge in [0.1, 0.15) is 12.2 Å². The van der Waals surface area contributed by atoms with E-state index in [9.17, 15) is 0 Å². The monoisotopic (exact) mass is 418 g/mol. The molecule has 0 aliphatic carbocycles. The molecule has 0 fully saturated rings. The van der Waals surface area contributed by atoms with Crippen molar-refractivity contribution in [3.8, 4) is 0 Å². The summed E-state index contributed by atoms with van der Waals surface area (Å²) in [5.74, 6) is 0. The summed E-state index contributed by atoms with van der Waals surface area (Å²) in [7, 11) is 0. The number of hydrogen-bond acceptors (Lipinski definition) is 1. The molecule has 0 spiro atoms. The van der Waals surface area contributed by atoms with Crippen LogP contribution in [0, 0.1) is 0 Å². The van der Waals surface area contributed by atoms with Gasteiger partial charge in [0.25, 0.3) is 0 Å². The summed E-state index contributed by atoms with van der Waals surface area (Å²) in [4.78, 5) is 0. The molecule has 2 aromatic carbocycles. The van der Waals surface area contributed by atoms with Crippen LogP contribution in [0.5, 0.6) is 0 Å². The van der Waals surface area contributed by atoms with Gasteiger partial charge in [-0.3, -0.25) is 0 Å². The van der Waals surface area contributed by atoms with E-state index in [4.69, 9.17) is 0 Å². The average molecular weight is 418 g/mol. The zero-order valence-corrected chi connectivity index (χ0v) is 16.1. The lowest BCUT2D eigenvalue weighted by Crippen LogP contribution is -3.00. The van der Waals surface area contributed by atoms with Crippen LogP contribution >= 0.6 is 0 Å². The molecule has 3 rings (SSSR count). The lowest BCUT2D eigenvalue weighted by Gasteiger charge is -2.20. The van der Waals surface area contributed by atoms with Crippen molar-refractivity contribution in [2.45, 2.75) is 26.2 Å². The summed E-state index contributed by atoms with van der Waals surface area (Å²) in [6.45, 7) is 12.0. The van der Waals surface area contributed by atoms with Crippen LogP contribution in [-0.4, -0.2) is 16.8 Å². The Morgan fingerprint density at radius 1 is 1.04 bits per heavy atom. The third-order valence-corrected chi connectivity index (χ3v) is 4.40. The van der Waals surface area contributed by atoms with Gasteiger partial charge in [-0.25, -0.2) is 0 Å². The fraction of sp³-hybridized carbons (Fsp3) is 0.250. The third kappa shape index (κ3) is 3.07. The summed E-state index contributed by atoms with van der Waals surface area (Å²) >= 11 is 0. The molecule has 1 aliphatic heterocycles. The molecule has 120 valence electrons. The second-order valence-corrected chi connectivity index (χ2v) is 6.20. The maximum Gasteiger partial charge on any atom is 0.215 e. The Morgan fingerprint density at radius 3 is 2.30 bits per heavy atom. The minimum absolute atomic E-state index is 0. The molecule has 2 aromatic rings. The van der Waals surface area contributed by atoms with Gasteiger partial charge in [-0.05, 0) is 32.9 Å². The van der Waals surface area contributed by atoms with E-state index in [1.165, 1.54) is 17.0 Å². The molecule has 23 heavy (non-hydrogen) atoms. The van der Waals surface area contributed by atoms with E-state index in [1.807, 2.05) is 18.2 Å². The molecule has 1 aliphatic rings. The highest BCUT2D eigenvalue weighted by Gasteiger charge is 2.46. The fourth-order valence-electron chi connectivity index (χ4n) is 3.45. The molecule has 0 radical (unpaired) electrons. The van der Waals surface area contributed by atoms with E-state index in [1.54, 1.807) is 0 Å². The number of anilines is 1. The molecule has 0 atom stereocenters. The maximum absolute atomic E-state index is 4.32. The van der Waals surface area contributed by atoms with Gasteiger partial charge in [-0.2, -0.15) is 4.58 Å². The van der Waals surface area contributed by atoms with Crippen LogP contribution in [-0.2, 0) is 5.41 Å². The molecular formula is C20H23IN2. The average Bonchev–Trinajstić information content (AvgIpc) is 2.76. The number of hydrogen-bond donors (Lipinski definition) is 1. The van der Waals surface area contributed by atoms with Crippen molar-refractivity contribution in [1.82, 2.24) is 0 Å². The number of para-hydroxylation sites is 2. The zero-order valence-electron chi connectivity index (χ0n) is 13.9. The topological polar surface area (TPSA) is 15.0 Å². The van der Waals surface area contributed by atoms with Crippen LogP contribution in [0.2, 0.25) is 0 Å². The van der Waals surface area contributed by atoms with Crippen molar-refractivity contribution in [2.24, 2.45) is 0 Å². The maximum atomic E-state index is 4.32. The lowest BCUT2D eigenvalue weighted by molar-refractivity contribution is -0.433. The van der Waals surface area contributed by atoms with E-state index in [-0.39, 0.29) is 29.4 Å². The van der Waals surface area contributed by atoms with E-state index < -0.39 is 0 Å². The molecule has 2 nitrogen and oxygen atoms in total. The van der Waals surface area contributed by atoms with Crippen molar-refractivity contribution in [3.63, 3.8) is 0 Å². The highest BCUT2D eigenvalue weighted by molar-refractivity contribution is 6.08.